The molecule has 6 nitrogen and oxygen atoms in total. The van der Waals surface area contributed by atoms with Gasteiger partial charge < -0.3 is 10.1 Å². The zero-order valence-electron chi connectivity index (χ0n) is 9.58. The average molecular weight is 256 g/mol. The van der Waals surface area contributed by atoms with Crippen LogP contribution in [-0.4, -0.2) is 15.0 Å². The van der Waals surface area contributed by atoms with E-state index >= 15 is 0 Å². The highest BCUT2D eigenvalue weighted by Gasteiger charge is 2.18. The Kier molecular flexibility index (Phi) is 2.25. The first kappa shape index (κ1) is 11.2. The number of nitrogens with one attached hydrogen (secondary N) is 1. The zero-order valence-corrected chi connectivity index (χ0v) is 9.58. The van der Waals surface area contributed by atoms with Crippen molar-refractivity contribution in [2.24, 2.45) is 0 Å². The van der Waals surface area contributed by atoms with E-state index in [9.17, 15) is 20.0 Å². The second-order valence-corrected chi connectivity index (χ2v) is 4.11. The number of non-ortho nitro benzene ring substituents is 1. The van der Waals surface area contributed by atoms with Gasteiger partial charge in [0.1, 0.15) is 11.3 Å². The summed E-state index contributed by atoms with van der Waals surface area (Å²) in [5.41, 5.74) is -0.136. The Balaban J connectivity index is 2.64. The predicted molar refractivity (Wildman–Crippen MR) is 70.4 cm³/mol. The number of fused-ring (bicyclic) bond motifs is 2. The Morgan fingerprint density at radius 2 is 1.89 bits per heavy atom. The van der Waals surface area contributed by atoms with Crippen molar-refractivity contribution in [2.45, 2.75) is 0 Å². The number of phenols is 1. The SMILES string of the molecule is O=c1c2ccccc2[nH]c2c([N+](=O)[O-])ccc(O)c12. The molecule has 6 heteroatoms. The van der Waals surface area contributed by atoms with Crippen LogP contribution in [0.4, 0.5) is 5.69 Å². The van der Waals surface area contributed by atoms with Crippen molar-refractivity contribution in [2.75, 3.05) is 0 Å². The minimum Gasteiger partial charge on any atom is -0.507 e. The first-order chi connectivity index (χ1) is 9.09. The smallest absolute Gasteiger partial charge is 0.293 e. The number of pyridine rings is 1. The number of nitro groups is 1. The van der Waals surface area contributed by atoms with Crippen LogP contribution in [0.25, 0.3) is 21.8 Å². The van der Waals surface area contributed by atoms with Crippen LogP contribution in [0.5, 0.6) is 5.75 Å². The van der Waals surface area contributed by atoms with Crippen LogP contribution < -0.4 is 5.43 Å². The summed E-state index contributed by atoms with van der Waals surface area (Å²) >= 11 is 0. The maximum absolute atomic E-state index is 12.3. The van der Waals surface area contributed by atoms with Gasteiger partial charge in [0.15, 0.2) is 0 Å². The maximum atomic E-state index is 12.3. The molecule has 3 rings (SSSR count). The highest BCUT2D eigenvalue weighted by Crippen LogP contribution is 2.29. The molecule has 0 saturated heterocycles. The molecule has 0 saturated carbocycles. The Morgan fingerprint density at radius 1 is 1.16 bits per heavy atom. The fourth-order valence-electron chi connectivity index (χ4n) is 2.15. The van der Waals surface area contributed by atoms with Crippen LogP contribution >= 0.6 is 0 Å². The summed E-state index contributed by atoms with van der Waals surface area (Å²) in [6, 6.07) is 9.00. The molecule has 0 aliphatic carbocycles. The lowest BCUT2D eigenvalue weighted by Gasteiger charge is -2.04. The van der Waals surface area contributed by atoms with Gasteiger partial charge in [-0.15, -0.1) is 0 Å². The number of aromatic amines is 1. The lowest BCUT2D eigenvalue weighted by Crippen LogP contribution is -2.05. The average Bonchev–Trinajstić information content (AvgIpc) is 2.38. The lowest BCUT2D eigenvalue weighted by molar-refractivity contribution is -0.383. The van der Waals surface area contributed by atoms with Crippen LogP contribution in [0, 0.1) is 10.1 Å². The van der Waals surface area contributed by atoms with Gasteiger partial charge in [0, 0.05) is 17.0 Å². The minimum absolute atomic E-state index is 0.0358. The summed E-state index contributed by atoms with van der Waals surface area (Å²) in [5, 5.41) is 21.1. The lowest BCUT2D eigenvalue weighted by atomic mass is 10.1. The van der Waals surface area contributed by atoms with Crippen molar-refractivity contribution in [3.8, 4) is 5.75 Å². The topological polar surface area (TPSA) is 96.2 Å². The number of hydrogen-bond donors (Lipinski definition) is 2. The van der Waals surface area contributed by atoms with Crippen molar-refractivity contribution in [1.29, 1.82) is 0 Å². The third-order valence-corrected chi connectivity index (χ3v) is 3.02. The Morgan fingerprint density at radius 3 is 2.63 bits per heavy atom. The number of benzene rings is 2. The molecule has 0 aliphatic heterocycles. The second kappa shape index (κ2) is 3.81. The first-order valence-corrected chi connectivity index (χ1v) is 5.50. The molecule has 0 unspecified atom stereocenters. The summed E-state index contributed by atoms with van der Waals surface area (Å²) in [4.78, 5) is 25.5. The van der Waals surface area contributed by atoms with Gasteiger partial charge >= 0.3 is 0 Å². The molecular formula is C13H8N2O4. The monoisotopic (exact) mass is 256 g/mol. The summed E-state index contributed by atoms with van der Waals surface area (Å²) in [6.07, 6.45) is 0. The van der Waals surface area contributed by atoms with Gasteiger partial charge in [-0.2, -0.15) is 0 Å². The van der Waals surface area contributed by atoms with Gasteiger partial charge in [0.05, 0.1) is 10.3 Å². The van der Waals surface area contributed by atoms with Crippen molar-refractivity contribution < 1.29 is 10.0 Å². The maximum Gasteiger partial charge on any atom is 0.293 e. The summed E-state index contributed by atoms with van der Waals surface area (Å²) < 4.78 is 0. The normalized spacial score (nSPS) is 10.9. The number of rotatable bonds is 1. The van der Waals surface area contributed by atoms with Crippen molar-refractivity contribution in [3.05, 3.63) is 56.7 Å². The van der Waals surface area contributed by atoms with Crippen molar-refractivity contribution >= 4 is 27.5 Å². The number of aromatic hydroxyl groups is 1. The number of H-pyrrole nitrogens is 1. The molecule has 94 valence electrons. The number of aromatic nitrogens is 1. The van der Waals surface area contributed by atoms with Crippen LogP contribution in [0.3, 0.4) is 0 Å². The Hall–Kier alpha value is -2.89. The molecule has 0 radical (unpaired) electrons. The molecule has 1 heterocycles. The van der Waals surface area contributed by atoms with Crippen LogP contribution in [0.2, 0.25) is 0 Å². The molecule has 2 N–H and O–H groups in total. The highest BCUT2D eigenvalue weighted by atomic mass is 16.6. The predicted octanol–water partition coefficient (Wildman–Crippen LogP) is 2.30. The van der Waals surface area contributed by atoms with Crippen LogP contribution in [0.15, 0.2) is 41.2 Å². The van der Waals surface area contributed by atoms with Crippen LogP contribution in [-0.2, 0) is 0 Å². The number of hydrogen-bond acceptors (Lipinski definition) is 4. The van der Waals surface area contributed by atoms with E-state index in [2.05, 4.69) is 4.98 Å². The Bertz CT molecular complexity index is 883. The van der Waals surface area contributed by atoms with Crippen LogP contribution in [0.1, 0.15) is 0 Å². The minimum atomic E-state index is -0.591. The van der Waals surface area contributed by atoms with Gasteiger partial charge in [-0.1, -0.05) is 12.1 Å². The van der Waals surface area contributed by atoms with E-state index in [1.54, 1.807) is 24.3 Å². The third kappa shape index (κ3) is 1.54. The number of nitro benzene ring substituents is 1. The molecule has 0 amide bonds. The van der Waals surface area contributed by atoms with Gasteiger partial charge in [0.2, 0.25) is 5.43 Å². The molecule has 0 aliphatic rings. The van der Waals surface area contributed by atoms with E-state index in [1.807, 2.05) is 0 Å². The second-order valence-electron chi connectivity index (χ2n) is 4.11. The summed E-state index contributed by atoms with van der Waals surface area (Å²) in [6.45, 7) is 0. The molecule has 0 spiro atoms. The zero-order chi connectivity index (χ0) is 13.6. The number of para-hydroxylation sites is 1. The highest BCUT2D eigenvalue weighted by molar-refractivity contribution is 5.99. The molecule has 19 heavy (non-hydrogen) atoms. The number of nitrogens with zero attached hydrogens (tertiary/aromatic N) is 1. The molecule has 0 bridgehead atoms. The fraction of sp³-hybridized carbons (Fsp3) is 0. The summed E-state index contributed by atoms with van der Waals surface area (Å²) in [5.74, 6) is -0.271. The molecule has 3 aromatic rings. The first-order valence-electron chi connectivity index (χ1n) is 5.50. The van der Waals surface area contributed by atoms with E-state index in [1.165, 1.54) is 6.07 Å². The molecule has 2 aromatic carbocycles. The Labute approximate surface area is 106 Å². The van der Waals surface area contributed by atoms with E-state index in [4.69, 9.17) is 0 Å². The fourth-order valence-corrected chi connectivity index (χ4v) is 2.15. The molecule has 1 aromatic heterocycles. The van der Waals surface area contributed by atoms with Gasteiger partial charge in [-0.25, -0.2) is 0 Å². The molecule has 0 fully saturated rings. The van der Waals surface area contributed by atoms with E-state index < -0.39 is 10.4 Å². The van der Waals surface area contributed by atoms with Crippen molar-refractivity contribution in [1.82, 2.24) is 4.98 Å². The standard InChI is InChI=1S/C13H8N2O4/c16-10-6-5-9(15(18)19)12-11(10)13(17)7-3-1-2-4-8(7)14-12/h1-6,16H,(H,14,17). The quantitative estimate of drug-likeness (QED) is 0.396. The molecule has 0 atom stereocenters. The van der Waals surface area contributed by atoms with Gasteiger partial charge in [0.25, 0.3) is 5.69 Å². The largest absolute Gasteiger partial charge is 0.507 e. The van der Waals surface area contributed by atoms with E-state index in [-0.39, 0.29) is 22.3 Å². The number of phenolic OH excluding ortho intramolecular Hbond substituents is 1. The van der Waals surface area contributed by atoms with E-state index in [0.29, 0.717) is 10.9 Å². The van der Waals surface area contributed by atoms with Gasteiger partial charge in [-0.05, 0) is 18.2 Å². The third-order valence-electron chi connectivity index (χ3n) is 3.02. The van der Waals surface area contributed by atoms with Gasteiger partial charge in [-0.3, -0.25) is 14.9 Å². The van der Waals surface area contributed by atoms with Crippen molar-refractivity contribution in [3.63, 3.8) is 0 Å². The summed E-state index contributed by atoms with van der Waals surface area (Å²) in [7, 11) is 0. The molecular weight excluding hydrogens is 248 g/mol. The van der Waals surface area contributed by atoms with E-state index in [0.717, 1.165) is 6.07 Å².